The number of carbonyl (C=O) groups is 2. The van der Waals surface area contributed by atoms with Crippen molar-refractivity contribution in [1.82, 2.24) is 14.8 Å². The van der Waals surface area contributed by atoms with Crippen LogP contribution in [0.3, 0.4) is 0 Å². The van der Waals surface area contributed by atoms with Crippen LogP contribution in [0.15, 0.2) is 30.5 Å². The van der Waals surface area contributed by atoms with Crippen LogP contribution >= 0.6 is 0 Å². The molecule has 0 radical (unpaired) electrons. The molecule has 5 nitrogen and oxygen atoms in total. The Morgan fingerprint density at radius 3 is 2.65 bits per heavy atom. The van der Waals surface area contributed by atoms with Crippen LogP contribution in [0.1, 0.15) is 26.3 Å². The van der Waals surface area contributed by atoms with Crippen LogP contribution in [0, 0.1) is 0 Å². The van der Waals surface area contributed by atoms with E-state index < -0.39 is 0 Å². The van der Waals surface area contributed by atoms with Crippen LogP contribution in [0.5, 0.6) is 0 Å². The monoisotopic (exact) mass is 313 g/mol. The van der Waals surface area contributed by atoms with E-state index in [0.29, 0.717) is 19.5 Å². The molecule has 1 aliphatic rings. The van der Waals surface area contributed by atoms with E-state index in [1.807, 2.05) is 56.1 Å². The number of nitrogens with one attached hydrogen (secondary N) is 1. The Balaban J connectivity index is 1.69. The molecule has 0 atom stereocenters. The Morgan fingerprint density at radius 1 is 1.22 bits per heavy atom. The van der Waals surface area contributed by atoms with Crippen LogP contribution in [0.2, 0.25) is 0 Å². The van der Waals surface area contributed by atoms with Crippen molar-refractivity contribution < 1.29 is 9.59 Å². The highest BCUT2D eigenvalue weighted by atomic mass is 16.2. The van der Waals surface area contributed by atoms with Crippen molar-refractivity contribution in [3.05, 3.63) is 36.0 Å². The van der Waals surface area contributed by atoms with Gasteiger partial charge in [0.25, 0.3) is 0 Å². The molecule has 1 fully saturated rings. The molecular formula is C18H23N3O2. The molecular weight excluding hydrogens is 290 g/mol. The molecule has 1 saturated heterocycles. The van der Waals surface area contributed by atoms with Gasteiger partial charge in [-0.3, -0.25) is 9.59 Å². The number of hydrogen-bond acceptors (Lipinski definition) is 2. The van der Waals surface area contributed by atoms with Crippen molar-refractivity contribution in [3.63, 3.8) is 0 Å². The fraction of sp³-hybridized carbons (Fsp3) is 0.444. The lowest BCUT2D eigenvalue weighted by molar-refractivity contribution is -0.148. The van der Waals surface area contributed by atoms with Crippen LogP contribution < -0.4 is 0 Å². The van der Waals surface area contributed by atoms with Gasteiger partial charge in [0.2, 0.25) is 11.8 Å². The first kappa shape index (κ1) is 15.6. The number of H-pyrrole nitrogens is 1. The zero-order valence-electron chi connectivity index (χ0n) is 13.9. The predicted octanol–water partition coefficient (Wildman–Crippen LogP) is 2.18. The number of aromatic nitrogens is 1. The summed E-state index contributed by atoms with van der Waals surface area (Å²) in [6, 6.07) is 7.94. The standard InChI is InChI=1S/C18H23N3O2/c1-18(2,3)21-9-8-20(12-17(21)23)16(22)10-13-11-19-15-7-5-4-6-14(13)15/h4-7,11,19H,8-10,12H2,1-3H3. The van der Waals surface area contributed by atoms with Gasteiger partial charge in [-0.25, -0.2) is 0 Å². The third-order valence-electron chi connectivity index (χ3n) is 4.40. The van der Waals surface area contributed by atoms with E-state index in [0.717, 1.165) is 16.5 Å². The molecule has 1 aromatic carbocycles. The van der Waals surface area contributed by atoms with Gasteiger partial charge in [-0.1, -0.05) is 18.2 Å². The van der Waals surface area contributed by atoms with Gasteiger partial charge in [0.1, 0.15) is 0 Å². The Labute approximate surface area is 136 Å². The first-order chi connectivity index (χ1) is 10.9. The highest BCUT2D eigenvalue weighted by Gasteiger charge is 2.33. The van der Waals surface area contributed by atoms with Crippen molar-refractivity contribution in [2.45, 2.75) is 32.7 Å². The van der Waals surface area contributed by atoms with Crippen molar-refractivity contribution in [1.29, 1.82) is 0 Å². The van der Waals surface area contributed by atoms with Gasteiger partial charge in [-0.2, -0.15) is 0 Å². The van der Waals surface area contributed by atoms with Gasteiger partial charge in [-0.15, -0.1) is 0 Å². The van der Waals surface area contributed by atoms with E-state index in [1.54, 1.807) is 4.90 Å². The number of carbonyl (C=O) groups excluding carboxylic acids is 2. The molecule has 23 heavy (non-hydrogen) atoms. The largest absolute Gasteiger partial charge is 0.361 e. The number of para-hydroxylation sites is 1. The Morgan fingerprint density at radius 2 is 1.96 bits per heavy atom. The summed E-state index contributed by atoms with van der Waals surface area (Å²) in [5, 5.41) is 1.07. The second-order valence-corrected chi connectivity index (χ2v) is 7.07. The highest BCUT2D eigenvalue weighted by Crippen LogP contribution is 2.20. The molecule has 5 heteroatoms. The number of hydrogen-bond donors (Lipinski definition) is 1. The van der Waals surface area contributed by atoms with Crippen LogP contribution in [0.25, 0.3) is 10.9 Å². The molecule has 2 amide bonds. The SMILES string of the molecule is CC(C)(C)N1CCN(C(=O)Cc2c[nH]c3ccccc23)CC1=O. The van der Waals surface area contributed by atoms with E-state index in [-0.39, 0.29) is 23.9 Å². The van der Waals surface area contributed by atoms with Gasteiger partial charge in [0, 0.05) is 35.7 Å². The van der Waals surface area contributed by atoms with Crippen molar-refractivity contribution in [2.75, 3.05) is 19.6 Å². The summed E-state index contributed by atoms with van der Waals surface area (Å²) < 4.78 is 0. The Hall–Kier alpha value is -2.30. The molecule has 2 heterocycles. The number of benzene rings is 1. The molecule has 2 aromatic rings. The average molecular weight is 313 g/mol. The molecule has 0 bridgehead atoms. The van der Waals surface area contributed by atoms with Crippen LogP contribution in [0.4, 0.5) is 0 Å². The minimum Gasteiger partial charge on any atom is -0.361 e. The lowest BCUT2D eigenvalue weighted by Crippen LogP contribution is -2.58. The van der Waals surface area contributed by atoms with Crippen molar-refractivity contribution in [3.8, 4) is 0 Å². The number of amides is 2. The van der Waals surface area contributed by atoms with E-state index in [9.17, 15) is 9.59 Å². The summed E-state index contributed by atoms with van der Waals surface area (Å²) >= 11 is 0. The zero-order chi connectivity index (χ0) is 16.6. The Kier molecular flexibility index (Phi) is 3.88. The minimum absolute atomic E-state index is 0.0108. The summed E-state index contributed by atoms with van der Waals surface area (Å²) in [5.41, 5.74) is 1.82. The maximum Gasteiger partial charge on any atom is 0.242 e. The molecule has 1 aromatic heterocycles. The summed E-state index contributed by atoms with van der Waals surface area (Å²) in [7, 11) is 0. The summed E-state index contributed by atoms with van der Waals surface area (Å²) in [6.07, 6.45) is 2.21. The summed E-state index contributed by atoms with van der Waals surface area (Å²) in [6.45, 7) is 7.45. The maximum absolute atomic E-state index is 12.6. The van der Waals surface area contributed by atoms with E-state index in [4.69, 9.17) is 0 Å². The van der Waals surface area contributed by atoms with E-state index >= 15 is 0 Å². The summed E-state index contributed by atoms with van der Waals surface area (Å²) in [4.78, 5) is 31.6. The van der Waals surface area contributed by atoms with Gasteiger partial charge in [-0.05, 0) is 32.4 Å². The third-order valence-corrected chi connectivity index (χ3v) is 4.40. The second-order valence-electron chi connectivity index (χ2n) is 7.07. The number of rotatable bonds is 2. The second kappa shape index (κ2) is 5.72. The zero-order valence-corrected chi connectivity index (χ0v) is 13.9. The number of aromatic amines is 1. The van der Waals surface area contributed by atoms with Crippen molar-refractivity contribution in [2.24, 2.45) is 0 Å². The van der Waals surface area contributed by atoms with E-state index in [2.05, 4.69) is 4.98 Å². The van der Waals surface area contributed by atoms with Gasteiger partial charge >= 0.3 is 0 Å². The number of piperazine rings is 1. The fourth-order valence-electron chi connectivity index (χ4n) is 3.15. The van der Waals surface area contributed by atoms with Crippen LogP contribution in [-0.2, 0) is 16.0 Å². The number of fused-ring (bicyclic) bond motifs is 1. The smallest absolute Gasteiger partial charge is 0.242 e. The lowest BCUT2D eigenvalue weighted by Gasteiger charge is -2.42. The molecule has 0 aliphatic carbocycles. The van der Waals surface area contributed by atoms with Gasteiger partial charge in [0.05, 0.1) is 13.0 Å². The molecule has 3 rings (SSSR count). The Bertz CT molecular complexity index is 742. The molecule has 0 spiro atoms. The average Bonchev–Trinajstić information content (AvgIpc) is 2.89. The summed E-state index contributed by atoms with van der Waals surface area (Å²) in [5.74, 6) is 0.0349. The lowest BCUT2D eigenvalue weighted by atomic mass is 10.0. The quantitative estimate of drug-likeness (QED) is 0.924. The van der Waals surface area contributed by atoms with E-state index in [1.165, 1.54) is 0 Å². The third kappa shape index (κ3) is 3.09. The molecule has 1 aliphatic heterocycles. The van der Waals surface area contributed by atoms with Gasteiger partial charge in [0.15, 0.2) is 0 Å². The fourth-order valence-corrected chi connectivity index (χ4v) is 3.15. The highest BCUT2D eigenvalue weighted by molar-refractivity contribution is 5.91. The topological polar surface area (TPSA) is 56.4 Å². The minimum atomic E-state index is -0.191. The molecule has 1 N–H and O–H groups in total. The first-order valence-corrected chi connectivity index (χ1v) is 7.99. The van der Waals surface area contributed by atoms with Gasteiger partial charge < -0.3 is 14.8 Å². The molecule has 0 unspecified atom stereocenters. The number of nitrogens with zero attached hydrogens (tertiary/aromatic N) is 2. The predicted molar refractivity (Wildman–Crippen MR) is 90.0 cm³/mol. The van der Waals surface area contributed by atoms with Crippen molar-refractivity contribution >= 4 is 22.7 Å². The maximum atomic E-state index is 12.6. The normalized spacial score (nSPS) is 16.2. The first-order valence-electron chi connectivity index (χ1n) is 7.99. The van der Waals surface area contributed by atoms with Crippen LogP contribution in [-0.4, -0.2) is 51.8 Å². The molecule has 0 saturated carbocycles. The molecule has 122 valence electrons.